The summed E-state index contributed by atoms with van der Waals surface area (Å²) in [7, 11) is 0. The van der Waals surface area contributed by atoms with Crippen LogP contribution in [0.4, 0.5) is 5.69 Å². The number of nitrogens with zero attached hydrogens (tertiary/aromatic N) is 1. The summed E-state index contributed by atoms with van der Waals surface area (Å²) in [5.41, 5.74) is 2.28. The fourth-order valence-electron chi connectivity index (χ4n) is 4.05. The maximum atomic E-state index is 12.9. The Bertz CT molecular complexity index is 1230. The SMILES string of the molecule is O=C1CCC(N2Cc3c(NC(=O)c4csc5ccccc45)cccc3C2=O)C(=O)N1. The van der Waals surface area contributed by atoms with Crippen molar-refractivity contribution in [3.63, 3.8) is 0 Å². The zero-order valence-electron chi connectivity index (χ0n) is 15.8. The van der Waals surface area contributed by atoms with Crippen LogP contribution in [0.5, 0.6) is 0 Å². The van der Waals surface area contributed by atoms with Crippen LogP contribution in [-0.2, 0) is 16.1 Å². The number of anilines is 1. The highest BCUT2D eigenvalue weighted by Crippen LogP contribution is 2.33. The Balaban J connectivity index is 1.42. The molecular formula is C22H17N3O4S. The predicted molar refractivity (Wildman–Crippen MR) is 112 cm³/mol. The Kier molecular flexibility index (Phi) is 4.36. The molecule has 0 radical (unpaired) electrons. The summed E-state index contributed by atoms with van der Waals surface area (Å²) in [6, 6.07) is 12.2. The molecule has 4 amide bonds. The van der Waals surface area contributed by atoms with Crippen molar-refractivity contribution in [2.75, 3.05) is 5.32 Å². The van der Waals surface area contributed by atoms with Gasteiger partial charge in [-0.1, -0.05) is 24.3 Å². The molecule has 8 heteroatoms. The molecule has 3 aromatic rings. The number of carbonyl (C=O) groups excluding carboxylic acids is 4. The lowest BCUT2D eigenvalue weighted by atomic mass is 10.0. The zero-order valence-corrected chi connectivity index (χ0v) is 16.6. The van der Waals surface area contributed by atoms with Crippen molar-refractivity contribution in [1.82, 2.24) is 10.2 Å². The van der Waals surface area contributed by atoms with E-state index < -0.39 is 11.9 Å². The summed E-state index contributed by atoms with van der Waals surface area (Å²) in [4.78, 5) is 51.0. The number of imide groups is 1. The van der Waals surface area contributed by atoms with Crippen LogP contribution < -0.4 is 10.6 Å². The molecule has 3 heterocycles. The lowest BCUT2D eigenvalue weighted by Gasteiger charge is -2.29. The maximum Gasteiger partial charge on any atom is 0.257 e. The smallest absolute Gasteiger partial charge is 0.257 e. The van der Waals surface area contributed by atoms with E-state index in [0.29, 0.717) is 28.8 Å². The Hall–Kier alpha value is -3.52. The molecule has 2 aromatic carbocycles. The van der Waals surface area contributed by atoms with E-state index in [9.17, 15) is 19.2 Å². The standard InChI is InChI=1S/C22H17N3O4S/c26-19-9-8-17(21(28)24-19)25-10-14-13(22(25)29)5-3-6-16(14)23-20(27)15-11-30-18-7-2-1-4-12(15)18/h1-7,11,17H,8-10H2,(H,23,27)(H,24,26,28). The van der Waals surface area contributed by atoms with Crippen LogP contribution in [0.1, 0.15) is 39.1 Å². The molecule has 0 saturated carbocycles. The Labute approximate surface area is 175 Å². The first-order valence-corrected chi connectivity index (χ1v) is 10.4. The van der Waals surface area contributed by atoms with Gasteiger partial charge in [-0.15, -0.1) is 11.3 Å². The van der Waals surface area contributed by atoms with E-state index in [1.54, 1.807) is 18.2 Å². The average Bonchev–Trinajstić information content (AvgIpc) is 3.31. The van der Waals surface area contributed by atoms with Crippen LogP contribution >= 0.6 is 11.3 Å². The van der Waals surface area contributed by atoms with Gasteiger partial charge >= 0.3 is 0 Å². The molecule has 1 unspecified atom stereocenters. The summed E-state index contributed by atoms with van der Waals surface area (Å²) in [6.07, 6.45) is 0.498. The van der Waals surface area contributed by atoms with E-state index in [4.69, 9.17) is 0 Å². The molecule has 7 nitrogen and oxygen atoms in total. The molecule has 0 bridgehead atoms. The second-order valence-corrected chi connectivity index (χ2v) is 8.24. The first-order chi connectivity index (χ1) is 14.5. The van der Waals surface area contributed by atoms with Crippen molar-refractivity contribution in [1.29, 1.82) is 0 Å². The second kappa shape index (κ2) is 7.07. The highest BCUT2D eigenvalue weighted by atomic mass is 32.1. The molecule has 1 saturated heterocycles. The minimum absolute atomic E-state index is 0.200. The van der Waals surface area contributed by atoms with Crippen molar-refractivity contribution in [2.45, 2.75) is 25.4 Å². The van der Waals surface area contributed by atoms with Gasteiger partial charge in [0.05, 0.1) is 5.56 Å². The molecule has 1 aromatic heterocycles. The molecule has 5 rings (SSSR count). The van der Waals surface area contributed by atoms with Crippen molar-refractivity contribution in [2.24, 2.45) is 0 Å². The van der Waals surface area contributed by atoms with Crippen LogP contribution in [0.25, 0.3) is 10.1 Å². The molecule has 0 spiro atoms. The molecular weight excluding hydrogens is 402 g/mol. The lowest BCUT2D eigenvalue weighted by Crippen LogP contribution is -2.52. The largest absolute Gasteiger partial charge is 0.322 e. The van der Waals surface area contributed by atoms with Crippen molar-refractivity contribution in [3.8, 4) is 0 Å². The third-order valence-electron chi connectivity index (χ3n) is 5.56. The number of rotatable bonds is 3. The normalized spacial score (nSPS) is 18.5. The molecule has 1 fully saturated rings. The third-order valence-corrected chi connectivity index (χ3v) is 6.52. The number of amides is 4. The summed E-state index contributed by atoms with van der Waals surface area (Å²) >= 11 is 1.50. The number of fused-ring (bicyclic) bond motifs is 2. The lowest BCUT2D eigenvalue weighted by molar-refractivity contribution is -0.136. The number of piperidine rings is 1. The van der Waals surface area contributed by atoms with Gasteiger partial charge in [-0.05, 0) is 24.6 Å². The van der Waals surface area contributed by atoms with Gasteiger partial charge < -0.3 is 10.2 Å². The Morgan fingerprint density at radius 1 is 1.10 bits per heavy atom. The van der Waals surface area contributed by atoms with Gasteiger partial charge in [-0.3, -0.25) is 24.5 Å². The monoisotopic (exact) mass is 419 g/mol. The van der Waals surface area contributed by atoms with E-state index in [-0.39, 0.29) is 30.7 Å². The van der Waals surface area contributed by atoms with Gasteiger partial charge in [0, 0.05) is 45.2 Å². The molecule has 2 N–H and O–H groups in total. The number of benzene rings is 2. The number of hydrogen-bond acceptors (Lipinski definition) is 5. The fraction of sp³-hybridized carbons (Fsp3) is 0.182. The molecule has 2 aliphatic heterocycles. The molecule has 2 aliphatic rings. The highest BCUT2D eigenvalue weighted by molar-refractivity contribution is 7.17. The van der Waals surface area contributed by atoms with E-state index in [2.05, 4.69) is 10.6 Å². The quantitative estimate of drug-likeness (QED) is 0.638. The van der Waals surface area contributed by atoms with Crippen LogP contribution in [0.3, 0.4) is 0 Å². The van der Waals surface area contributed by atoms with E-state index in [0.717, 1.165) is 10.1 Å². The van der Waals surface area contributed by atoms with E-state index in [1.165, 1.54) is 16.2 Å². The topological polar surface area (TPSA) is 95.6 Å². The Morgan fingerprint density at radius 3 is 2.77 bits per heavy atom. The fourth-order valence-corrected chi connectivity index (χ4v) is 4.99. The van der Waals surface area contributed by atoms with Gasteiger partial charge in [0.15, 0.2) is 0 Å². The highest BCUT2D eigenvalue weighted by Gasteiger charge is 2.40. The predicted octanol–water partition coefficient (Wildman–Crippen LogP) is 2.91. The van der Waals surface area contributed by atoms with Gasteiger partial charge in [0.1, 0.15) is 6.04 Å². The van der Waals surface area contributed by atoms with Crippen molar-refractivity contribution >= 4 is 50.7 Å². The number of thiophene rings is 1. The summed E-state index contributed by atoms with van der Waals surface area (Å²) in [6.45, 7) is 0.210. The first kappa shape index (κ1) is 18.5. The number of nitrogens with one attached hydrogen (secondary N) is 2. The Morgan fingerprint density at radius 2 is 1.93 bits per heavy atom. The van der Waals surface area contributed by atoms with Crippen LogP contribution in [0, 0.1) is 0 Å². The summed E-state index contributed by atoms with van der Waals surface area (Å²) in [5.74, 6) is -1.29. The van der Waals surface area contributed by atoms with Gasteiger partial charge in [0.25, 0.3) is 11.8 Å². The van der Waals surface area contributed by atoms with Gasteiger partial charge in [-0.25, -0.2) is 0 Å². The molecule has 1 atom stereocenters. The minimum atomic E-state index is -0.688. The maximum absolute atomic E-state index is 12.9. The van der Waals surface area contributed by atoms with Crippen molar-refractivity contribution < 1.29 is 19.2 Å². The number of carbonyl (C=O) groups is 4. The second-order valence-electron chi connectivity index (χ2n) is 7.33. The molecule has 0 aliphatic carbocycles. The first-order valence-electron chi connectivity index (χ1n) is 9.57. The third kappa shape index (κ3) is 2.96. The van der Waals surface area contributed by atoms with Crippen LogP contribution in [0.15, 0.2) is 47.8 Å². The molecule has 150 valence electrons. The van der Waals surface area contributed by atoms with Crippen LogP contribution in [-0.4, -0.2) is 34.6 Å². The number of hydrogen-bond donors (Lipinski definition) is 2. The molecule has 30 heavy (non-hydrogen) atoms. The summed E-state index contributed by atoms with van der Waals surface area (Å²) in [5, 5.41) is 7.94. The van der Waals surface area contributed by atoms with Gasteiger partial charge in [-0.2, -0.15) is 0 Å². The zero-order chi connectivity index (χ0) is 20.8. The average molecular weight is 419 g/mol. The van der Waals surface area contributed by atoms with Gasteiger partial charge in [0.2, 0.25) is 11.8 Å². The minimum Gasteiger partial charge on any atom is -0.322 e. The van der Waals surface area contributed by atoms with Crippen LogP contribution in [0.2, 0.25) is 0 Å². The van der Waals surface area contributed by atoms with E-state index in [1.807, 2.05) is 29.6 Å². The summed E-state index contributed by atoms with van der Waals surface area (Å²) < 4.78 is 1.03. The van der Waals surface area contributed by atoms with Crippen molar-refractivity contribution in [3.05, 3.63) is 64.5 Å². The van der Waals surface area contributed by atoms with E-state index >= 15 is 0 Å².